The van der Waals surface area contributed by atoms with Gasteiger partial charge in [-0.15, -0.1) is 0 Å². The number of hydrogen-bond donors (Lipinski definition) is 1. The van der Waals surface area contributed by atoms with E-state index in [1.54, 1.807) is 32.2 Å². The smallest absolute Gasteiger partial charge is 0.256 e. The van der Waals surface area contributed by atoms with Crippen molar-refractivity contribution >= 4 is 5.91 Å². The molecule has 2 heterocycles. The fourth-order valence-electron chi connectivity index (χ4n) is 2.88. The second-order valence-corrected chi connectivity index (χ2v) is 5.86. The molecule has 0 bridgehead atoms. The van der Waals surface area contributed by atoms with Gasteiger partial charge in [-0.25, -0.2) is 4.39 Å². The van der Waals surface area contributed by atoms with Crippen molar-refractivity contribution in [3.05, 3.63) is 76.8 Å². The van der Waals surface area contributed by atoms with Crippen molar-refractivity contribution in [1.29, 1.82) is 0 Å². The fraction of sp³-hybridized carbons (Fsp3) is 0.263. The van der Waals surface area contributed by atoms with Gasteiger partial charge in [0.15, 0.2) is 0 Å². The number of carbonyl (C=O) groups excluding carboxylic acids is 1. The lowest BCUT2D eigenvalue weighted by Crippen LogP contribution is -2.26. The van der Waals surface area contributed by atoms with Gasteiger partial charge in [-0.3, -0.25) is 4.79 Å². The Kier molecular flexibility index (Phi) is 4.97. The van der Waals surface area contributed by atoms with Gasteiger partial charge in [0, 0.05) is 12.5 Å². The number of aromatic nitrogens is 1. The summed E-state index contributed by atoms with van der Waals surface area (Å²) in [5, 5.41) is 6.68. The Bertz CT molecular complexity index is 819. The Labute approximate surface area is 144 Å². The summed E-state index contributed by atoms with van der Waals surface area (Å²) in [5.74, 6) is 0.706. The van der Waals surface area contributed by atoms with Crippen LogP contribution in [0.15, 0.2) is 51.6 Å². The molecule has 2 aromatic heterocycles. The van der Waals surface area contributed by atoms with Crippen LogP contribution in [0, 0.1) is 19.7 Å². The predicted octanol–water partition coefficient (Wildman–Crippen LogP) is 3.98. The predicted molar refractivity (Wildman–Crippen MR) is 89.9 cm³/mol. The second kappa shape index (κ2) is 7.34. The SMILES string of the molecule is Cc1noc(C)c1C(=O)NCCC(c1ccc(F)cc1)c1ccco1. The Hall–Kier alpha value is -2.89. The van der Waals surface area contributed by atoms with Gasteiger partial charge >= 0.3 is 0 Å². The maximum atomic E-state index is 13.2. The lowest BCUT2D eigenvalue weighted by atomic mass is 9.93. The minimum Gasteiger partial charge on any atom is -0.469 e. The largest absolute Gasteiger partial charge is 0.469 e. The molecule has 6 heteroatoms. The van der Waals surface area contributed by atoms with Gasteiger partial charge in [0.1, 0.15) is 22.9 Å². The van der Waals surface area contributed by atoms with Crippen LogP contribution < -0.4 is 5.32 Å². The summed E-state index contributed by atoms with van der Waals surface area (Å²) in [4.78, 5) is 12.3. The maximum Gasteiger partial charge on any atom is 0.256 e. The molecule has 5 nitrogen and oxygen atoms in total. The van der Waals surface area contributed by atoms with E-state index in [0.717, 1.165) is 11.3 Å². The van der Waals surface area contributed by atoms with Crippen molar-refractivity contribution in [1.82, 2.24) is 10.5 Å². The topological polar surface area (TPSA) is 68.3 Å². The molecule has 25 heavy (non-hydrogen) atoms. The number of nitrogens with one attached hydrogen (secondary N) is 1. The van der Waals surface area contributed by atoms with Gasteiger partial charge in [0.2, 0.25) is 0 Å². The van der Waals surface area contributed by atoms with Crippen molar-refractivity contribution in [2.24, 2.45) is 0 Å². The number of aryl methyl sites for hydroxylation is 2. The summed E-state index contributed by atoms with van der Waals surface area (Å²) in [5.41, 5.74) is 1.97. The number of amides is 1. The molecule has 1 unspecified atom stereocenters. The van der Waals surface area contributed by atoms with E-state index in [-0.39, 0.29) is 17.6 Å². The third-order valence-corrected chi connectivity index (χ3v) is 4.14. The van der Waals surface area contributed by atoms with Gasteiger partial charge in [-0.2, -0.15) is 0 Å². The first-order valence-corrected chi connectivity index (χ1v) is 8.06. The van der Waals surface area contributed by atoms with Crippen LogP contribution in [0.2, 0.25) is 0 Å². The number of rotatable bonds is 6. The molecule has 0 aliphatic carbocycles. The quantitative estimate of drug-likeness (QED) is 0.736. The fourth-order valence-corrected chi connectivity index (χ4v) is 2.88. The highest BCUT2D eigenvalue weighted by Crippen LogP contribution is 2.28. The van der Waals surface area contributed by atoms with E-state index in [9.17, 15) is 9.18 Å². The number of nitrogens with zero attached hydrogens (tertiary/aromatic N) is 1. The molecule has 0 spiro atoms. The van der Waals surface area contributed by atoms with Gasteiger partial charge in [0.05, 0.1) is 12.0 Å². The third kappa shape index (κ3) is 3.79. The Morgan fingerprint density at radius 3 is 2.60 bits per heavy atom. The van der Waals surface area contributed by atoms with Crippen molar-refractivity contribution in [2.45, 2.75) is 26.2 Å². The summed E-state index contributed by atoms with van der Waals surface area (Å²) in [7, 11) is 0. The number of hydrogen-bond acceptors (Lipinski definition) is 4. The molecule has 3 rings (SSSR count). The highest BCUT2D eigenvalue weighted by atomic mass is 19.1. The Balaban J connectivity index is 1.69. The van der Waals surface area contributed by atoms with E-state index in [2.05, 4.69) is 10.5 Å². The number of carbonyl (C=O) groups is 1. The highest BCUT2D eigenvalue weighted by molar-refractivity contribution is 5.96. The lowest BCUT2D eigenvalue weighted by Gasteiger charge is -2.15. The molecule has 0 saturated carbocycles. The summed E-state index contributed by atoms with van der Waals surface area (Å²) in [6, 6.07) is 10.0. The van der Waals surface area contributed by atoms with E-state index in [4.69, 9.17) is 8.94 Å². The molecule has 0 radical (unpaired) electrons. The lowest BCUT2D eigenvalue weighted by molar-refractivity contribution is 0.0950. The Morgan fingerprint density at radius 1 is 1.24 bits per heavy atom. The molecule has 1 N–H and O–H groups in total. The number of furan rings is 1. The normalized spacial score (nSPS) is 12.1. The molecular formula is C19H19FN2O3. The van der Waals surface area contributed by atoms with E-state index >= 15 is 0 Å². The summed E-state index contributed by atoms with van der Waals surface area (Å²) in [6.45, 7) is 3.88. The van der Waals surface area contributed by atoms with E-state index < -0.39 is 0 Å². The average Bonchev–Trinajstić information content (AvgIpc) is 3.23. The molecule has 1 amide bonds. The van der Waals surface area contributed by atoms with Crippen LogP contribution in [0.5, 0.6) is 0 Å². The average molecular weight is 342 g/mol. The van der Waals surface area contributed by atoms with E-state index in [1.165, 1.54) is 12.1 Å². The molecule has 0 aliphatic heterocycles. The molecule has 3 aromatic rings. The van der Waals surface area contributed by atoms with Crippen LogP contribution in [0.3, 0.4) is 0 Å². The Morgan fingerprint density at radius 2 is 2.00 bits per heavy atom. The van der Waals surface area contributed by atoms with Crippen molar-refractivity contribution in [3.63, 3.8) is 0 Å². The molecule has 0 fully saturated rings. The minimum absolute atomic E-state index is 0.0689. The highest BCUT2D eigenvalue weighted by Gasteiger charge is 2.20. The van der Waals surface area contributed by atoms with Crippen LogP contribution in [-0.2, 0) is 0 Å². The van der Waals surface area contributed by atoms with Crippen molar-refractivity contribution < 1.29 is 18.1 Å². The molecule has 1 atom stereocenters. The van der Waals surface area contributed by atoms with Gasteiger partial charge in [-0.05, 0) is 50.1 Å². The summed E-state index contributed by atoms with van der Waals surface area (Å²) >= 11 is 0. The van der Waals surface area contributed by atoms with Crippen LogP contribution in [-0.4, -0.2) is 17.6 Å². The van der Waals surface area contributed by atoms with Crippen LogP contribution in [0.4, 0.5) is 4.39 Å². The van der Waals surface area contributed by atoms with Gasteiger partial charge < -0.3 is 14.3 Å². The van der Waals surface area contributed by atoms with Crippen LogP contribution in [0.25, 0.3) is 0 Å². The summed E-state index contributed by atoms with van der Waals surface area (Å²) < 4.78 is 23.7. The van der Waals surface area contributed by atoms with Crippen LogP contribution in [0.1, 0.15) is 45.5 Å². The van der Waals surface area contributed by atoms with Crippen molar-refractivity contribution in [2.75, 3.05) is 6.54 Å². The number of halogens is 1. The zero-order valence-electron chi connectivity index (χ0n) is 14.1. The maximum absolute atomic E-state index is 13.2. The zero-order chi connectivity index (χ0) is 17.8. The van der Waals surface area contributed by atoms with Crippen molar-refractivity contribution in [3.8, 4) is 0 Å². The standard InChI is InChI=1S/C19H19FN2O3/c1-12-18(13(2)25-22-12)19(23)21-10-9-16(17-4-3-11-24-17)14-5-7-15(20)8-6-14/h3-8,11,16H,9-10H2,1-2H3,(H,21,23). The molecule has 0 aliphatic rings. The molecular weight excluding hydrogens is 323 g/mol. The first-order valence-electron chi connectivity index (χ1n) is 8.06. The first kappa shape index (κ1) is 17.0. The monoisotopic (exact) mass is 342 g/mol. The first-order chi connectivity index (χ1) is 12.1. The second-order valence-electron chi connectivity index (χ2n) is 5.86. The molecule has 0 saturated heterocycles. The summed E-state index contributed by atoms with van der Waals surface area (Å²) in [6.07, 6.45) is 2.22. The van der Waals surface area contributed by atoms with Crippen LogP contribution >= 0.6 is 0 Å². The zero-order valence-corrected chi connectivity index (χ0v) is 14.1. The molecule has 130 valence electrons. The molecule has 1 aromatic carbocycles. The van der Waals surface area contributed by atoms with Gasteiger partial charge in [0.25, 0.3) is 5.91 Å². The third-order valence-electron chi connectivity index (χ3n) is 4.14. The van der Waals surface area contributed by atoms with E-state index in [1.807, 2.05) is 12.1 Å². The van der Waals surface area contributed by atoms with Gasteiger partial charge in [-0.1, -0.05) is 17.3 Å². The minimum atomic E-state index is -0.284. The number of benzene rings is 1. The van der Waals surface area contributed by atoms with E-state index in [0.29, 0.717) is 30.0 Å².